The summed E-state index contributed by atoms with van der Waals surface area (Å²) in [5, 5.41) is 6.79. The van der Waals surface area contributed by atoms with E-state index in [2.05, 4.69) is 4.74 Å². The Labute approximate surface area is 113 Å². The molecule has 0 saturated heterocycles. The number of benzene rings is 1. The monoisotopic (exact) mass is 320 g/mol. The van der Waals surface area contributed by atoms with Gasteiger partial charge in [0.25, 0.3) is 6.10 Å². The standard InChI is InChI=1S/C10H7ClF6N2O/c11-6-3-4(1-2-5(6)7(18)19)20-8(9(12,13)14)10(15,16)17/h1-3,8H,(H3,18,19). The molecule has 0 aliphatic heterocycles. The molecule has 0 bridgehead atoms. The van der Waals surface area contributed by atoms with Gasteiger partial charge in [-0.25, -0.2) is 0 Å². The summed E-state index contributed by atoms with van der Waals surface area (Å²) < 4.78 is 77.6. The van der Waals surface area contributed by atoms with Crippen LogP contribution in [0.3, 0.4) is 0 Å². The van der Waals surface area contributed by atoms with Gasteiger partial charge in [-0.3, -0.25) is 5.41 Å². The van der Waals surface area contributed by atoms with Gasteiger partial charge in [-0.1, -0.05) is 11.6 Å². The number of alkyl halides is 6. The largest absolute Gasteiger partial charge is 0.471 e. The number of amidine groups is 1. The number of nitrogen functional groups attached to an aromatic ring is 1. The lowest BCUT2D eigenvalue weighted by molar-refractivity contribution is -0.299. The number of ether oxygens (including phenoxy) is 1. The summed E-state index contributed by atoms with van der Waals surface area (Å²) >= 11 is 5.57. The highest BCUT2D eigenvalue weighted by Crippen LogP contribution is 2.37. The number of hydrogen-bond donors (Lipinski definition) is 2. The molecule has 3 nitrogen and oxygen atoms in total. The van der Waals surface area contributed by atoms with Gasteiger partial charge in [0.05, 0.1) is 5.02 Å². The number of hydrogen-bond acceptors (Lipinski definition) is 2. The van der Waals surface area contributed by atoms with E-state index in [4.69, 9.17) is 22.7 Å². The van der Waals surface area contributed by atoms with Crippen LogP contribution in [0.25, 0.3) is 0 Å². The van der Waals surface area contributed by atoms with Gasteiger partial charge in [-0.05, 0) is 18.2 Å². The topological polar surface area (TPSA) is 59.1 Å². The van der Waals surface area contributed by atoms with Crippen LogP contribution in [0.15, 0.2) is 18.2 Å². The van der Waals surface area contributed by atoms with Crippen molar-refractivity contribution in [2.75, 3.05) is 0 Å². The minimum absolute atomic E-state index is 0.0328. The number of halogens is 7. The molecule has 10 heteroatoms. The van der Waals surface area contributed by atoms with Gasteiger partial charge < -0.3 is 10.5 Å². The highest BCUT2D eigenvalue weighted by Gasteiger charge is 2.59. The van der Waals surface area contributed by atoms with Crippen molar-refractivity contribution in [3.63, 3.8) is 0 Å². The molecule has 112 valence electrons. The van der Waals surface area contributed by atoms with E-state index >= 15 is 0 Å². The zero-order valence-electron chi connectivity index (χ0n) is 9.44. The van der Waals surface area contributed by atoms with Crippen LogP contribution in [0.1, 0.15) is 5.56 Å². The summed E-state index contributed by atoms with van der Waals surface area (Å²) in [6.45, 7) is 0. The van der Waals surface area contributed by atoms with E-state index in [1.165, 1.54) is 0 Å². The second-order valence-electron chi connectivity index (χ2n) is 3.64. The van der Waals surface area contributed by atoms with Crippen molar-refractivity contribution in [2.45, 2.75) is 18.5 Å². The average Bonchev–Trinajstić information content (AvgIpc) is 2.22. The van der Waals surface area contributed by atoms with Crippen molar-refractivity contribution in [2.24, 2.45) is 5.73 Å². The van der Waals surface area contributed by atoms with Crippen LogP contribution in [-0.4, -0.2) is 24.3 Å². The summed E-state index contributed by atoms with van der Waals surface area (Å²) in [6, 6.07) is 2.53. The Morgan fingerprint density at radius 3 is 2.00 bits per heavy atom. The predicted molar refractivity (Wildman–Crippen MR) is 59.0 cm³/mol. The van der Waals surface area contributed by atoms with Gasteiger partial charge in [0.2, 0.25) is 0 Å². The highest BCUT2D eigenvalue weighted by molar-refractivity contribution is 6.34. The first-order chi connectivity index (χ1) is 8.93. The summed E-state index contributed by atoms with van der Waals surface area (Å²) in [4.78, 5) is 0. The van der Waals surface area contributed by atoms with Gasteiger partial charge in [0.1, 0.15) is 11.6 Å². The Kier molecular flexibility index (Phi) is 4.42. The van der Waals surface area contributed by atoms with Gasteiger partial charge in [0, 0.05) is 5.56 Å². The normalized spacial score (nSPS) is 12.6. The first kappa shape index (κ1) is 16.4. The van der Waals surface area contributed by atoms with E-state index < -0.39 is 30.0 Å². The highest BCUT2D eigenvalue weighted by atomic mass is 35.5. The van der Waals surface area contributed by atoms with Crippen molar-refractivity contribution in [1.82, 2.24) is 0 Å². The Bertz CT molecular complexity index is 499. The average molecular weight is 321 g/mol. The molecule has 1 aromatic rings. The Morgan fingerprint density at radius 2 is 1.65 bits per heavy atom. The molecule has 0 aliphatic carbocycles. The first-order valence-corrected chi connectivity index (χ1v) is 5.24. The molecule has 0 atom stereocenters. The fourth-order valence-corrected chi connectivity index (χ4v) is 1.52. The summed E-state index contributed by atoms with van der Waals surface area (Å²) in [5.74, 6) is -1.22. The zero-order valence-corrected chi connectivity index (χ0v) is 10.2. The molecule has 20 heavy (non-hydrogen) atoms. The van der Waals surface area contributed by atoms with E-state index in [-0.39, 0.29) is 10.6 Å². The van der Waals surface area contributed by atoms with E-state index in [9.17, 15) is 26.3 Å². The molecular weight excluding hydrogens is 314 g/mol. The zero-order chi connectivity index (χ0) is 15.7. The molecule has 0 unspecified atom stereocenters. The maximum atomic E-state index is 12.3. The lowest BCUT2D eigenvalue weighted by Gasteiger charge is -2.24. The Morgan fingerprint density at radius 1 is 1.15 bits per heavy atom. The van der Waals surface area contributed by atoms with Gasteiger partial charge >= 0.3 is 12.4 Å². The molecule has 3 N–H and O–H groups in total. The molecule has 0 saturated carbocycles. The second kappa shape index (κ2) is 5.39. The van der Waals surface area contributed by atoms with Crippen LogP contribution in [0.5, 0.6) is 5.75 Å². The molecule has 0 aliphatic rings. The maximum Gasteiger partial charge on any atom is 0.434 e. The molecule has 0 fully saturated rings. The number of nitrogens with two attached hydrogens (primary N) is 1. The second-order valence-corrected chi connectivity index (χ2v) is 4.04. The SMILES string of the molecule is N=C(N)c1ccc(OC(C(F)(F)F)C(F)(F)F)cc1Cl. The van der Waals surface area contributed by atoms with Crippen molar-refractivity contribution < 1.29 is 31.1 Å². The van der Waals surface area contributed by atoms with E-state index in [0.717, 1.165) is 18.2 Å². The molecule has 0 radical (unpaired) electrons. The molecular formula is C10H7ClF6N2O. The third-order valence-corrected chi connectivity index (χ3v) is 2.39. The van der Waals surface area contributed by atoms with Crippen LogP contribution in [0.4, 0.5) is 26.3 Å². The summed E-state index contributed by atoms with van der Waals surface area (Å²) in [5.41, 5.74) is 5.07. The minimum Gasteiger partial charge on any atom is -0.471 e. The number of rotatable bonds is 3. The number of nitrogens with one attached hydrogen (secondary N) is 1. The molecule has 0 heterocycles. The summed E-state index contributed by atoms with van der Waals surface area (Å²) in [6.07, 6.45) is -15.2. The van der Waals surface area contributed by atoms with E-state index in [1.54, 1.807) is 0 Å². The van der Waals surface area contributed by atoms with E-state index in [1.807, 2.05) is 0 Å². The molecule has 0 aromatic heterocycles. The van der Waals surface area contributed by atoms with Gasteiger partial charge in [0.15, 0.2) is 0 Å². The van der Waals surface area contributed by atoms with Crippen molar-refractivity contribution in [3.05, 3.63) is 28.8 Å². The fraction of sp³-hybridized carbons (Fsp3) is 0.300. The lowest BCUT2D eigenvalue weighted by Crippen LogP contribution is -2.46. The fourth-order valence-electron chi connectivity index (χ4n) is 1.24. The Hall–Kier alpha value is -1.64. The maximum absolute atomic E-state index is 12.3. The molecule has 0 amide bonds. The minimum atomic E-state index is -5.62. The third-order valence-electron chi connectivity index (χ3n) is 2.08. The molecule has 1 rings (SSSR count). The van der Waals surface area contributed by atoms with Crippen LogP contribution < -0.4 is 10.5 Å². The van der Waals surface area contributed by atoms with Crippen molar-refractivity contribution in [1.29, 1.82) is 5.41 Å². The van der Waals surface area contributed by atoms with Crippen molar-refractivity contribution >= 4 is 17.4 Å². The van der Waals surface area contributed by atoms with Crippen LogP contribution >= 0.6 is 11.6 Å². The Balaban J connectivity index is 3.08. The molecule has 1 aromatic carbocycles. The summed E-state index contributed by atoms with van der Waals surface area (Å²) in [7, 11) is 0. The van der Waals surface area contributed by atoms with Crippen LogP contribution in [-0.2, 0) is 0 Å². The first-order valence-electron chi connectivity index (χ1n) is 4.87. The predicted octanol–water partition coefficient (Wildman–Crippen LogP) is 3.50. The van der Waals surface area contributed by atoms with E-state index in [0.29, 0.717) is 0 Å². The van der Waals surface area contributed by atoms with Crippen LogP contribution in [0.2, 0.25) is 5.02 Å². The van der Waals surface area contributed by atoms with Crippen LogP contribution in [0, 0.1) is 5.41 Å². The molecule has 0 spiro atoms. The smallest absolute Gasteiger partial charge is 0.434 e. The third kappa shape index (κ3) is 3.92. The van der Waals surface area contributed by atoms with Crippen molar-refractivity contribution in [3.8, 4) is 5.75 Å². The van der Waals surface area contributed by atoms with Gasteiger partial charge in [-0.2, -0.15) is 26.3 Å². The quantitative estimate of drug-likeness (QED) is 0.509. The van der Waals surface area contributed by atoms with Gasteiger partial charge in [-0.15, -0.1) is 0 Å². The lowest BCUT2D eigenvalue weighted by atomic mass is 10.2.